The van der Waals surface area contributed by atoms with E-state index in [1.165, 1.54) is 0 Å². The molecule has 0 heterocycles. The van der Waals surface area contributed by atoms with Gasteiger partial charge in [-0.05, 0) is 25.0 Å². The lowest BCUT2D eigenvalue weighted by Gasteiger charge is -2.25. The maximum absolute atomic E-state index is 10.8. The van der Waals surface area contributed by atoms with Crippen LogP contribution in [0.5, 0.6) is 0 Å². The molecule has 0 aromatic heterocycles. The second kappa shape index (κ2) is 9.37. The molecule has 4 nitrogen and oxygen atoms in total. The van der Waals surface area contributed by atoms with Crippen molar-refractivity contribution in [1.29, 1.82) is 0 Å². The Labute approximate surface area is 121 Å². The summed E-state index contributed by atoms with van der Waals surface area (Å²) in [6, 6.07) is 8.05. The van der Waals surface area contributed by atoms with E-state index in [9.17, 15) is 4.79 Å². The SMILES string of the molecule is CCCCOCCN(CCC(=O)O)c1ccccc1C. The van der Waals surface area contributed by atoms with Crippen molar-refractivity contribution in [2.45, 2.75) is 33.1 Å². The number of para-hydroxylation sites is 1. The summed E-state index contributed by atoms with van der Waals surface area (Å²) in [6.07, 6.45) is 2.34. The molecule has 0 atom stereocenters. The van der Waals surface area contributed by atoms with E-state index in [0.29, 0.717) is 13.2 Å². The van der Waals surface area contributed by atoms with Crippen LogP contribution in [0.1, 0.15) is 31.7 Å². The first-order valence-corrected chi connectivity index (χ1v) is 7.25. The van der Waals surface area contributed by atoms with Gasteiger partial charge in [-0.25, -0.2) is 0 Å². The molecular formula is C16H25NO3. The number of carboxylic acid groups (broad SMARTS) is 1. The van der Waals surface area contributed by atoms with E-state index >= 15 is 0 Å². The van der Waals surface area contributed by atoms with E-state index in [2.05, 4.69) is 11.8 Å². The van der Waals surface area contributed by atoms with Crippen molar-refractivity contribution in [2.75, 3.05) is 31.2 Å². The standard InChI is InChI=1S/C16H25NO3/c1-3-4-12-20-13-11-17(10-9-16(18)19)15-8-6-5-7-14(15)2/h5-8H,3-4,9-13H2,1-2H3,(H,18,19). The van der Waals surface area contributed by atoms with Gasteiger partial charge in [0.1, 0.15) is 0 Å². The summed E-state index contributed by atoms with van der Waals surface area (Å²) in [4.78, 5) is 12.9. The molecule has 1 aromatic rings. The molecule has 0 aliphatic rings. The Morgan fingerprint density at radius 1 is 1.25 bits per heavy atom. The normalized spacial score (nSPS) is 10.5. The van der Waals surface area contributed by atoms with Crippen molar-refractivity contribution < 1.29 is 14.6 Å². The molecule has 4 heteroatoms. The van der Waals surface area contributed by atoms with Crippen LogP contribution in [0.4, 0.5) is 5.69 Å². The maximum Gasteiger partial charge on any atom is 0.305 e. The smallest absolute Gasteiger partial charge is 0.305 e. The predicted octanol–water partition coefficient (Wildman–Crippen LogP) is 3.09. The number of unbranched alkanes of at least 4 members (excludes halogenated alkanes) is 1. The molecular weight excluding hydrogens is 254 g/mol. The third kappa shape index (κ3) is 6.06. The summed E-state index contributed by atoms with van der Waals surface area (Å²) in [5.74, 6) is -0.768. The van der Waals surface area contributed by atoms with Crippen LogP contribution in [0, 0.1) is 6.92 Å². The summed E-state index contributed by atoms with van der Waals surface area (Å²) in [5.41, 5.74) is 2.25. The van der Waals surface area contributed by atoms with Gasteiger partial charge in [-0.2, -0.15) is 0 Å². The summed E-state index contributed by atoms with van der Waals surface area (Å²) in [7, 11) is 0. The fourth-order valence-electron chi connectivity index (χ4n) is 2.02. The first-order valence-electron chi connectivity index (χ1n) is 7.25. The van der Waals surface area contributed by atoms with Crippen LogP contribution < -0.4 is 4.90 Å². The minimum Gasteiger partial charge on any atom is -0.481 e. The Bertz CT molecular complexity index is 406. The minimum atomic E-state index is -0.768. The van der Waals surface area contributed by atoms with Gasteiger partial charge in [-0.3, -0.25) is 4.79 Å². The highest BCUT2D eigenvalue weighted by atomic mass is 16.5. The van der Waals surface area contributed by atoms with E-state index in [0.717, 1.165) is 37.2 Å². The molecule has 1 N–H and O–H groups in total. The summed E-state index contributed by atoms with van der Waals surface area (Å²) < 4.78 is 5.58. The highest BCUT2D eigenvalue weighted by molar-refractivity contribution is 5.68. The Hall–Kier alpha value is -1.55. The first kappa shape index (κ1) is 16.5. The van der Waals surface area contributed by atoms with Crippen molar-refractivity contribution in [3.05, 3.63) is 29.8 Å². The molecule has 1 aromatic carbocycles. The number of aliphatic carboxylic acids is 1. The predicted molar refractivity (Wildman–Crippen MR) is 81.4 cm³/mol. The second-order valence-electron chi connectivity index (χ2n) is 4.88. The van der Waals surface area contributed by atoms with E-state index < -0.39 is 5.97 Å². The van der Waals surface area contributed by atoms with Gasteiger partial charge >= 0.3 is 5.97 Å². The van der Waals surface area contributed by atoms with Gasteiger partial charge in [0.25, 0.3) is 0 Å². The summed E-state index contributed by atoms with van der Waals surface area (Å²) >= 11 is 0. The molecule has 0 aliphatic carbocycles. The summed E-state index contributed by atoms with van der Waals surface area (Å²) in [6.45, 7) is 6.82. The van der Waals surface area contributed by atoms with E-state index in [1.807, 2.05) is 31.2 Å². The van der Waals surface area contributed by atoms with Crippen LogP contribution in [0.2, 0.25) is 0 Å². The van der Waals surface area contributed by atoms with Crippen LogP contribution in [0.15, 0.2) is 24.3 Å². The van der Waals surface area contributed by atoms with Gasteiger partial charge in [0.2, 0.25) is 0 Å². The van der Waals surface area contributed by atoms with Gasteiger partial charge in [0, 0.05) is 25.4 Å². The number of carbonyl (C=O) groups is 1. The number of ether oxygens (including phenoxy) is 1. The third-order valence-corrected chi connectivity index (χ3v) is 3.20. The van der Waals surface area contributed by atoms with Gasteiger partial charge in [-0.1, -0.05) is 31.5 Å². The lowest BCUT2D eigenvalue weighted by molar-refractivity contribution is -0.136. The number of rotatable bonds is 10. The highest BCUT2D eigenvalue weighted by Crippen LogP contribution is 2.19. The molecule has 0 radical (unpaired) electrons. The number of hydrogen-bond donors (Lipinski definition) is 1. The number of hydrogen-bond acceptors (Lipinski definition) is 3. The zero-order valence-corrected chi connectivity index (χ0v) is 12.5. The fourth-order valence-corrected chi connectivity index (χ4v) is 2.02. The molecule has 0 saturated carbocycles. The quantitative estimate of drug-likeness (QED) is 0.669. The van der Waals surface area contributed by atoms with Crippen molar-refractivity contribution in [3.63, 3.8) is 0 Å². The van der Waals surface area contributed by atoms with Gasteiger partial charge in [-0.15, -0.1) is 0 Å². The lowest BCUT2D eigenvalue weighted by atomic mass is 10.1. The van der Waals surface area contributed by atoms with Crippen molar-refractivity contribution >= 4 is 11.7 Å². The van der Waals surface area contributed by atoms with Gasteiger partial charge < -0.3 is 14.7 Å². The van der Waals surface area contributed by atoms with Crippen LogP contribution >= 0.6 is 0 Å². The molecule has 112 valence electrons. The van der Waals surface area contributed by atoms with E-state index in [-0.39, 0.29) is 6.42 Å². The molecule has 20 heavy (non-hydrogen) atoms. The molecule has 0 fully saturated rings. The Morgan fingerprint density at radius 3 is 2.65 bits per heavy atom. The zero-order valence-electron chi connectivity index (χ0n) is 12.5. The molecule has 0 unspecified atom stereocenters. The van der Waals surface area contributed by atoms with Crippen molar-refractivity contribution in [1.82, 2.24) is 0 Å². The lowest BCUT2D eigenvalue weighted by Crippen LogP contribution is -2.30. The number of carboxylic acids is 1. The molecule has 0 bridgehead atoms. The highest BCUT2D eigenvalue weighted by Gasteiger charge is 2.10. The Kier molecular flexibility index (Phi) is 7.73. The first-order chi connectivity index (χ1) is 9.65. The largest absolute Gasteiger partial charge is 0.481 e. The minimum absolute atomic E-state index is 0.142. The molecule has 0 saturated heterocycles. The van der Waals surface area contributed by atoms with Gasteiger partial charge in [0.15, 0.2) is 0 Å². The number of benzene rings is 1. The van der Waals surface area contributed by atoms with Crippen LogP contribution in [0.3, 0.4) is 0 Å². The molecule has 0 aliphatic heterocycles. The average Bonchev–Trinajstić information content (AvgIpc) is 2.43. The number of nitrogens with zero attached hydrogens (tertiary/aromatic N) is 1. The third-order valence-electron chi connectivity index (χ3n) is 3.20. The molecule has 1 rings (SSSR count). The zero-order chi connectivity index (χ0) is 14.8. The number of anilines is 1. The van der Waals surface area contributed by atoms with E-state index in [1.54, 1.807) is 0 Å². The van der Waals surface area contributed by atoms with Crippen molar-refractivity contribution in [3.8, 4) is 0 Å². The van der Waals surface area contributed by atoms with Crippen LogP contribution in [-0.2, 0) is 9.53 Å². The van der Waals surface area contributed by atoms with Crippen LogP contribution in [-0.4, -0.2) is 37.4 Å². The van der Waals surface area contributed by atoms with Gasteiger partial charge in [0.05, 0.1) is 13.0 Å². The topological polar surface area (TPSA) is 49.8 Å². The average molecular weight is 279 g/mol. The maximum atomic E-state index is 10.8. The van der Waals surface area contributed by atoms with E-state index in [4.69, 9.17) is 9.84 Å². The Balaban J connectivity index is 2.56. The molecule has 0 spiro atoms. The molecule has 0 amide bonds. The van der Waals surface area contributed by atoms with Crippen LogP contribution in [0.25, 0.3) is 0 Å². The number of aryl methyl sites for hydroxylation is 1. The summed E-state index contributed by atoms with van der Waals surface area (Å²) in [5, 5.41) is 8.86. The Morgan fingerprint density at radius 2 is 2.00 bits per heavy atom. The van der Waals surface area contributed by atoms with Crippen molar-refractivity contribution in [2.24, 2.45) is 0 Å². The second-order valence-corrected chi connectivity index (χ2v) is 4.88. The fraction of sp³-hybridized carbons (Fsp3) is 0.562. The monoisotopic (exact) mass is 279 g/mol.